The Morgan fingerprint density at radius 3 is 2.48 bits per heavy atom. The number of carbonyl (C=O) groups excluding carboxylic acids is 1. The van der Waals surface area contributed by atoms with E-state index in [-0.39, 0.29) is 31.0 Å². The first-order valence-electron chi connectivity index (χ1n) is 8.94. The van der Waals surface area contributed by atoms with Gasteiger partial charge in [-0.1, -0.05) is 17.7 Å². The van der Waals surface area contributed by atoms with Crippen LogP contribution in [0.1, 0.15) is 18.9 Å². The van der Waals surface area contributed by atoms with E-state index in [1.165, 1.54) is 30.7 Å². The van der Waals surface area contributed by atoms with E-state index >= 15 is 0 Å². The average Bonchev–Trinajstić information content (AvgIpc) is 2.70. The van der Waals surface area contributed by atoms with Gasteiger partial charge in [-0.15, -0.1) is 0 Å². The van der Waals surface area contributed by atoms with Gasteiger partial charge in [0.05, 0.1) is 32.1 Å². The molecule has 0 saturated heterocycles. The Morgan fingerprint density at radius 2 is 1.86 bits per heavy atom. The summed E-state index contributed by atoms with van der Waals surface area (Å²) in [6, 6.07) is 11.1. The fourth-order valence-corrected chi connectivity index (χ4v) is 4.43. The molecule has 9 heteroatoms. The first-order chi connectivity index (χ1) is 13.8. The van der Waals surface area contributed by atoms with Crippen LogP contribution in [0.3, 0.4) is 0 Å². The van der Waals surface area contributed by atoms with Crippen molar-refractivity contribution in [3.8, 4) is 11.5 Å². The second-order valence-corrected chi connectivity index (χ2v) is 8.40. The van der Waals surface area contributed by atoms with E-state index < -0.39 is 16.0 Å². The molecule has 0 saturated carbocycles. The molecule has 158 valence electrons. The number of benzene rings is 2. The summed E-state index contributed by atoms with van der Waals surface area (Å²) < 4.78 is 43.2. The molecule has 29 heavy (non-hydrogen) atoms. The van der Waals surface area contributed by atoms with Crippen molar-refractivity contribution in [2.24, 2.45) is 0 Å². The maximum atomic E-state index is 13.3. The lowest BCUT2D eigenvalue weighted by molar-refractivity contribution is -0.143. The molecule has 0 aromatic heterocycles. The number of carbonyl (C=O) groups is 1. The van der Waals surface area contributed by atoms with Gasteiger partial charge in [0, 0.05) is 23.7 Å². The van der Waals surface area contributed by atoms with Crippen LogP contribution in [0.5, 0.6) is 11.5 Å². The van der Waals surface area contributed by atoms with Crippen molar-refractivity contribution < 1.29 is 27.4 Å². The highest BCUT2D eigenvalue weighted by atomic mass is 35.5. The summed E-state index contributed by atoms with van der Waals surface area (Å²) in [4.78, 5) is 11.9. The number of sulfonamides is 1. The molecule has 0 heterocycles. The highest BCUT2D eigenvalue weighted by Crippen LogP contribution is 2.28. The lowest BCUT2D eigenvalue weighted by atomic mass is 10.2. The van der Waals surface area contributed by atoms with Gasteiger partial charge >= 0.3 is 5.97 Å². The Kier molecular flexibility index (Phi) is 8.31. The van der Waals surface area contributed by atoms with Gasteiger partial charge in [-0.3, -0.25) is 4.79 Å². The molecule has 0 radical (unpaired) electrons. The molecule has 0 spiro atoms. The smallest absolute Gasteiger partial charge is 0.307 e. The lowest BCUT2D eigenvalue weighted by Crippen LogP contribution is -2.33. The van der Waals surface area contributed by atoms with E-state index in [0.29, 0.717) is 22.1 Å². The largest absolute Gasteiger partial charge is 0.497 e. The molecule has 0 N–H and O–H groups in total. The molecule has 7 nitrogen and oxygen atoms in total. The zero-order valence-corrected chi connectivity index (χ0v) is 18.1. The van der Waals surface area contributed by atoms with Gasteiger partial charge in [-0.25, -0.2) is 8.42 Å². The van der Waals surface area contributed by atoms with Crippen molar-refractivity contribution in [2.45, 2.75) is 24.8 Å². The summed E-state index contributed by atoms with van der Waals surface area (Å²) in [7, 11) is -0.912. The van der Waals surface area contributed by atoms with E-state index in [0.717, 1.165) is 0 Å². The Hall–Kier alpha value is -2.29. The zero-order valence-electron chi connectivity index (χ0n) is 16.6. The third-order valence-electron chi connectivity index (χ3n) is 4.14. The predicted octanol–water partition coefficient (Wildman–Crippen LogP) is 3.50. The van der Waals surface area contributed by atoms with Crippen LogP contribution in [0, 0.1) is 0 Å². The van der Waals surface area contributed by atoms with Gasteiger partial charge in [-0.05, 0) is 43.3 Å². The van der Waals surface area contributed by atoms with Gasteiger partial charge in [-0.2, -0.15) is 4.31 Å². The molecule has 0 atom stereocenters. The van der Waals surface area contributed by atoms with Gasteiger partial charge in [0.2, 0.25) is 10.0 Å². The van der Waals surface area contributed by atoms with Crippen LogP contribution in [0.15, 0.2) is 47.4 Å². The number of nitrogens with zero attached hydrogens (tertiary/aromatic N) is 1. The number of halogens is 1. The Balaban J connectivity index is 2.41. The fraction of sp³-hybridized carbons (Fsp3) is 0.350. The topological polar surface area (TPSA) is 82.1 Å². The maximum Gasteiger partial charge on any atom is 0.307 e. The molecular weight excluding hydrogens is 418 g/mol. The number of hydrogen-bond donors (Lipinski definition) is 0. The van der Waals surface area contributed by atoms with Crippen LogP contribution < -0.4 is 9.47 Å². The molecular formula is C20H24ClNO6S. The van der Waals surface area contributed by atoms with Crippen molar-refractivity contribution in [3.63, 3.8) is 0 Å². The van der Waals surface area contributed by atoms with Crippen molar-refractivity contribution in [3.05, 3.63) is 53.1 Å². The molecule has 0 aliphatic rings. The third-order valence-corrected chi connectivity index (χ3v) is 6.22. The van der Waals surface area contributed by atoms with Crippen LogP contribution in [0.2, 0.25) is 5.02 Å². The summed E-state index contributed by atoms with van der Waals surface area (Å²) in [5.74, 6) is 0.593. The summed E-state index contributed by atoms with van der Waals surface area (Å²) in [6.45, 7) is 1.84. The first-order valence-corrected chi connectivity index (χ1v) is 10.8. The monoisotopic (exact) mass is 441 g/mol. The van der Waals surface area contributed by atoms with E-state index in [4.69, 9.17) is 25.8 Å². The van der Waals surface area contributed by atoms with Crippen molar-refractivity contribution in [2.75, 3.05) is 27.4 Å². The predicted molar refractivity (Wildman–Crippen MR) is 110 cm³/mol. The van der Waals surface area contributed by atoms with Crippen LogP contribution >= 0.6 is 11.6 Å². The molecule has 2 aromatic rings. The van der Waals surface area contributed by atoms with Crippen molar-refractivity contribution in [1.29, 1.82) is 0 Å². The standard InChI is InChI=1S/C20H24ClNO6S/c1-4-28-20(23)10-11-22(29(24,25)18-7-5-6-16(21)13-18)14-15-12-17(26-2)8-9-19(15)27-3/h5-9,12-13H,4,10-11,14H2,1-3H3. The second-order valence-electron chi connectivity index (χ2n) is 6.03. The van der Waals surface area contributed by atoms with Crippen LogP contribution in [0.25, 0.3) is 0 Å². The quantitative estimate of drug-likeness (QED) is 0.525. The molecule has 2 rings (SSSR count). The summed E-state index contributed by atoms with van der Waals surface area (Å²) >= 11 is 5.98. The third kappa shape index (κ3) is 6.09. The minimum atomic E-state index is -3.93. The normalized spacial score (nSPS) is 11.3. The van der Waals surface area contributed by atoms with Gasteiger partial charge < -0.3 is 14.2 Å². The van der Waals surface area contributed by atoms with Crippen molar-refractivity contribution in [1.82, 2.24) is 4.31 Å². The van der Waals surface area contributed by atoms with Gasteiger partial charge in [0.25, 0.3) is 0 Å². The van der Waals surface area contributed by atoms with E-state index in [1.807, 2.05) is 0 Å². The van der Waals surface area contributed by atoms with Gasteiger partial charge in [0.1, 0.15) is 11.5 Å². The van der Waals surface area contributed by atoms with Gasteiger partial charge in [0.15, 0.2) is 0 Å². The number of rotatable bonds is 10. The van der Waals surface area contributed by atoms with Crippen LogP contribution in [-0.4, -0.2) is 46.1 Å². The molecule has 0 unspecified atom stereocenters. The molecule has 0 aliphatic carbocycles. The van der Waals surface area contributed by atoms with E-state index in [9.17, 15) is 13.2 Å². The molecule has 0 bridgehead atoms. The summed E-state index contributed by atoms with van der Waals surface area (Å²) in [6.07, 6.45) is -0.0834. The van der Waals surface area contributed by atoms with Crippen LogP contribution in [-0.2, 0) is 26.1 Å². The Morgan fingerprint density at radius 1 is 1.10 bits per heavy atom. The Bertz CT molecular complexity index is 948. The second kappa shape index (κ2) is 10.5. The highest BCUT2D eigenvalue weighted by molar-refractivity contribution is 7.89. The van der Waals surface area contributed by atoms with Crippen molar-refractivity contribution >= 4 is 27.6 Å². The zero-order chi connectivity index (χ0) is 21.4. The molecule has 2 aromatic carbocycles. The number of esters is 1. The van der Waals surface area contributed by atoms with E-state index in [2.05, 4.69) is 0 Å². The number of methoxy groups -OCH3 is 2. The first kappa shape index (κ1) is 23.0. The minimum Gasteiger partial charge on any atom is -0.497 e. The fourth-order valence-electron chi connectivity index (χ4n) is 2.71. The number of hydrogen-bond acceptors (Lipinski definition) is 6. The Labute approximate surface area is 176 Å². The molecule has 0 fully saturated rings. The molecule has 0 aliphatic heterocycles. The summed E-state index contributed by atoms with van der Waals surface area (Å²) in [5, 5.41) is 0.301. The summed E-state index contributed by atoms with van der Waals surface area (Å²) in [5.41, 5.74) is 0.598. The number of ether oxygens (including phenoxy) is 3. The SMILES string of the molecule is CCOC(=O)CCN(Cc1cc(OC)ccc1OC)S(=O)(=O)c1cccc(Cl)c1. The van der Waals surface area contributed by atoms with Crippen LogP contribution in [0.4, 0.5) is 0 Å². The molecule has 0 amide bonds. The minimum absolute atomic E-state index is 0.0192. The van der Waals surface area contributed by atoms with E-state index in [1.54, 1.807) is 37.3 Å². The highest BCUT2D eigenvalue weighted by Gasteiger charge is 2.27. The maximum absolute atomic E-state index is 13.3. The lowest BCUT2D eigenvalue weighted by Gasteiger charge is -2.23. The average molecular weight is 442 g/mol.